The summed E-state index contributed by atoms with van der Waals surface area (Å²) in [6.07, 6.45) is 3.18. The molecule has 22 heavy (non-hydrogen) atoms. The average Bonchev–Trinajstić information content (AvgIpc) is 2.47. The molecular formula is C16H26N2O3S. The summed E-state index contributed by atoms with van der Waals surface area (Å²) in [5.74, 6) is 0.979. The van der Waals surface area contributed by atoms with Crippen LogP contribution < -0.4 is 4.72 Å². The fourth-order valence-electron chi connectivity index (χ4n) is 2.96. The number of phenolic OH excluding ortho intramolecular Hbond substituents is 1. The first-order chi connectivity index (χ1) is 10.5. The van der Waals surface area contributed by atoms with Crippen molar-refractivity contribution >= 4 is 10.0 Å². The molecule has 1 aliphatic rings. The lowest BCUT2D eigenvalue weighted by Crippen LogP contribution is -2.36. The summed E-state index contributed by atoms with van der Waals surface area (Å²) in [6, 6.07) is 7.38. The van der Waals surface area contributed by atoms with Gasteiger partial charge in [0.15, 0.2) is 0 Å². The van der Waals surface area contributed by atoms with E-state index >= 15 is 0 Å². The standard InChI is InChI=1S/C16H26N2O3S/c1-2-22(20,21)17-9-8-14-6-4-10-18(12-14)13-15-5-3-7-16(19)11-15/h3,5,7,11,14,17,19H,2,4,6,8-10,12-13H2,1H3/t14-/m1/s1. The van der Waals surface area contributed by atoms with Crippen LogP contribution in [0.3, 0.4) is 0 Å². The number of nitrogens with one attached hydrogen (secondary N) is 1. The molecule has 0 aliphatic carbocycles. The highest BCUT2D eigenvalue weighted by molar-refractivity contribution is 7.89. The van der Waals surface area contributed by atoms with Gasteiger partial charge in [-0.15, -0.1) is 0 Å². The van der Waals surface area contributed by atoms with Crippen LogP contribution in [0.5, 0.6) is 5.75 Å². The van der Waals surface area contributed by atoms with Crippen molar-refractivity contribution in [2.24, 2.45) is 5.92 Å². The van der Waals surface area contributed by atoms with Gasteiger partial charge in [0.05, 0.1) is 5.75 Å². The van der Waals surface area contributed by atoms with Gasteiger partial charge in [-0.05, 0) is 56.3 Å². The van der Waals surface area contributed by atoms with Gasteiger partial charge in [-0.2, -0.15) is 0 Å². The Kier molecular flexibility index (Phi) is 6.23. The monoisotopic (exact) mass is 326 g/mol. The van der Waals surface area contributed by atoms with Crippen LogP contribution in [-0.2, 0) is 16.6 Å². The van der Waals surface area contributed by atoms with Crippen LogP contribution in [-0.4, -0.2) is 43.8 Å². The molecule has 1 aliphatic heterocycles. The van der Waals surface area contributed by atoms with Crippen molar-refractivity contribution in [3.8, 4) is 5.75 Å². The Hall–Kier alpha value is -1.11. The van der Waals surface area contributed by atoms with Gasteiger partial charge >= 0.3 is 0 Å². The van der Waals surface area contributed by atoms with E-state index in [1.165, 1.54) is 0 Å². The van der Waals surface area contributed by atoms with Gasteiger partial charge in [0.25, 0.3) is 0 Å². The number of nitrogens with zero attached hydrogens (tertiary/aromatic N) is 1. The Morgan fingerprint density at radius 3 is 2.95 bits per heavy atom. The predicted octanol–water partition coefficient (Wildman–Crippen LogP) is 1.93. The van der Waals surface area contributed by atoms with E-state index in [-0.39, 0.29) is 5.75 Å². The summed E-state index contributed by atoms with van der Waals surface area (Å²) in [5.41, 5.74) is 1.12. The van der Waals surface area contributed by atoms with Gasteiger partial charge in [-0.25, -0.2) is 13.1 Å². The molecule has 0 saturated carbocycles. The smallest absolute Gasteiger partial charge is 0.211 e. The lowest BCUT2D eigenvalue weighted by Gasteiger charge is -2.32. The molecule has 1 heterocycles. The average molecular weight is 326 g/mol. The van der Waals surface area contributed by atoms with Crippen molar-refractivity contribution in [1.29, 1.82) is 0 Å². The van der Waals surface area contributed by atoms with E-state index in [2.05, 4.69) is 9.62 Å². The lowest BCUT2D eigenvalue weighted by molar-refractivity contribution is 0.162. The van der Waals surface area contributed by atoms with Crippen LogP contribution in [0.4, 0.5) is 0 Å². The molecule has 2 rings (SSSR count). The minimum atomic E-state index is -3.08. The molecule has 0 amide bonds. The summed E-state index contributed by atoms with van der Waals surface area (Å²) >= 11 is 0. The molecule has 1 aromatic carbocycles. The Morgan fingerprint density at radius 2 is 2.23 bits per heavy atom. The number of hydrogen-bond donors (Lipinski definition) is 2. The summed E-state index contributed by atoms with van der Waals surface area (Å²) in [6.45, 7) is 5.07. The number of likely N-dealkylation sites (tertiary alicyclic amines) is 1. The SMILES string of the molecule is CCS(=O)(=O)NCC[C@H]1CCCN(Cc2cccc(O)c2)C1. The zero-order valence-electron chi connectivity index (χ0n) is 13.2. The number of aromatic hydroxyl groups is 1. The van der Waals surface area contributed by atoms with E-state index in [9.17, 15) is 13.5 Å². The third kappa shape index (κ3) is 5.59. The Balaban J connectivity index is 1.79. The molecule has 5 nitrogen and oxygen atoms in total. The molecule has 1 atom stereocenters. The summed E-state index contributed by atoms with van der Waals surface area (Å²) in [7, 11) is -3.08. The molecule has 1 saturated heterocycles. The molecule has 0 unspecified atom stereocenters. The second kappa shape index (κ2) is 7.94. The maximum Gasteiger partial charge on any atom is 0.211 e. The third-order valence-electron chi connectivity index (χ3n) is 4.17. The fourth-order valence-corrected chi connectivity index (χ4v) is 3.60. The van der Waals surface area contributed by atoms with E-state index < -0.39 is 10.0 Å². The lowest BCUT2D eigenvalue weighted by atomic mass is 9.94. The van der Waals surface area contributed by atoms with Crippen molar-refractivity contribution in [3.05, 3.63) is 29.8 Å². The molecule has 0 spiro atoms. The largest absolute Gasteiger partial charge is 0.508 e. The first-order valence-electron chi connectivity index (χ1n) is 7.96. The minimum Gasteiger partial charge on any atom is -0.508 e. The highest BCUT2D eigenvalue weighted by Gasteiger charge is 2.20. The molecule has 2 N–H and O–H groups in total. The molecule has 124 valence electrons. The summed E-state index contributed by atoms with van der Waals surface area (Å²) in [4.78, 5) is 2.39. The first kappa shape index (κ1) is 17.2. The third-order valence-corrected chi connectivity index (χ3v) is 5.58. The molecule has 0 bridgehead atoms. The van der Waals surface area contributed by atoms with E-state index in [0.29, 0.717) is 18.2 Å². The normalized spacial score (nSPS) is 20.1. The predicted molar refractivity (Wildman–Crippen MR) is 88.2 cm³/mol. The van der Waals surface area contributed by atoms with Crippen molar-refractivity contribution in [2.45, 2.75) is 32.7 Å². The summed E-state index contributed by atoms with van der Waals surface area (Å²) < 4.78 is 25.5. The van der Waals surface area contributed by atoms with Gasteiger partial charge < -0.3 is 5.11 Å². The molecular weight excluding hydrogens is 300 g/mol. The number of sulfonamides is 1. The molecule has 0 aromatic heterocycles. The molecule has 6 heteroatoms. The second-order valence-electron chi connectivity index (χ2n) is 6.00. The van der Waals surface area contributed by atoms with Gasteiger partial charge in [-0.3, -0.25) is 4.90 Å². The topological polar surface area (TPSA) is 69.6 Å². The minimum absolute atomic E-state index is 0.140. The Labute approximate surface area is 133 Å². The van der Waals surface area contributed by atoms with Crippen LogP contribution in [0, 0.1) is 5.92 Å². The van der Waals surface area contributed by atoms with E-state index in [1.54, 1.807) is 19.1 Å². The van der Waals surface area contributed by atoms with Gasteiger partial charge in [0, 0.05) is 19.6 Å². The van der Waals surface area contributed by atoms with Crippen molar-refractivity contribution in [2.75, 3.05) is 25.4 Å². The number of hydrogen-bond acceptors (Lipinski definition) is 4. The second-order valence-corrected chi connectivity index (χ2v) is 8.10. The highest BCUT2D eigenvalue weighted by Crippen LogP contribution is 2.22. The highest BCUT2D eigenvalue weighted by atomic mass is 32.2. The van der Waals surface area contributed by atoms with E-state index in [4.69, 9.17) is 0 Å². The van der Waals surface area contributed by atoms with Gasteiger partial charge in [0.1, 0.15) is 5.75 Å². The number of piperidine rings is 1. The van der Waals surface area contributed by atoms with E-state index in [0.717, 1.165) is 44.5 Å². The van der Waals surface area contributed by atoms with Crippen LogP contribution in [0.15, 0.2) is 24.3 Å². The number of phenols is 1. The molecule has 0 radical (unpaired) electrons. The van der Waals surface area contributed by atoms with Crippen LogP contribution >= 0.6 is 0 Å². The molecule has 1 aromatic rings. The maximum atomic E-state index is 11.4. The molecule has 1 fully saturated rings. The first-order valence-corrected chi connectivity index (χ1v) is 9.61. The van der Waals surface area contributed by atoms with Crippen molar-refractivity contribution < 1.29 is 13.5 Å². The Morgan fingerprint density at radius 1 is 1.41 bits per heavy atom. The maximum absolute atomic E-state index is 11.4. The van der Waals surface area contributed by atoms with Gasteiger partial charge in [0.2, 0.25) is 10.0 Å². The van der Waals surface area contributed by atoms with Gasteiger partial charge in [-0.1, -0.05) is 12.1 Å². The van der Waals surface area contributed by atoms with Crippen molar-refractivity contribution in [1.82, 2.24) is 9.62 Å². The van der Waals surface area contributed by atoms with Crippen molar-refractivity contribution in [3.63, 3.8) is 0 Å². The number of rotatable bonds is 7. The van der Waals surface area contributed by atoms with Crippen LogP contribution in [0.1, 0.15) is 31.7 Å². The Bertz CT molecular complexity index is 575. The van der Waals surface area contributed by atoms with E-state index in [1.807, 2.05) is 12.1 Å². The van der Waals surface area contributed by atoms with Crippen LogP contribution in [0.25, 0.3) is 0 Å². The van der Waals surface area contributed by atoms with Crippen LogP contribution in [0.2, 0.25) is 0 Å². The zero-order valence-corrected chi connectivity index (χ0v) is 14.0. The summed E-state index contributed by atoms with van der Waals surface area (Å²) in [5, 5.41) is 9.53. The zero-order chi connectivity index (χ0) is 16.0. The number of benzene rings is 1. The fraction of sp³-hybridized carbons (Fsp3) is 0.625. The quantitative estimate of drug-likeness (QED) is 0.803.